The van der Waals surface area contributed by atoms with E-state index < -0.39 is 6.10 Å². The third-order valence-electron chi connectivity index (χ3n) is 4.11. The molecular formula is C18H20N2O2S. The van der Waals surface area contributed by atoms with Gasteiger partial charge >= 0.3 is 0 Å². The fourth-order valence-corrected chi connectivity index (χ4v) is 3.88. The van der Waals surface area contributed by atoms with E-state index in [1.54, 1.807) is 35.6 Å². The largest absolute Gasteiger partial charge is 0.491 e. The van der Waals surface area contributed by atoms with Crippen LogP contribution >= 0.6 is 11.3 Å². The maximum absolute atomic E-state index is 10.3. The van der Waals surface area contributed by atoms with Crippen LogP contribution < -0.4 is 4.74 Å². The molecule has 0 amide bonds. The Balaban J connectivity index is 1.50. The lowest BCUT2D eigenvalue weighted by molar-refractivity contribution is 0.0643. The number of β-amino-alcohol motifs (C(OH)–C–C–N with tert-alkyl or cyclic N) is 1. The highest BCUT2D eigenvalue weighted by Gasteiger charge is 2.28. The van der Waals surface area contributed by atoms with Crippen molar-refractivity contribution in [2.45, 2.75) is 25.0 Å². The molecule has 23 heavy (non-hydrogen) atoms. The van der Waals surface area contributed by atoms with Gasteiger partial charge in [-0.2, -0.15) is 5.26 Å². The van der Waals surface area contributed by atoms with Crippen molar-refractivity contribution in [3.8, 4) is 11.8 Å². The van der Waals surface area contributed by atoms with E-state index in [-0.39, 0.29) is 6.61 Å². The van der Waals surface area contributed by atoms with Crippen LogP contribution in [0.15, 0.2) is 41.8 Å². The minimum absolute atomic E-state index is 0.263. The second-order valence-electron chi connectivity index (χ2n) is 5.77. The molecule has 0 radical (unpaired) electrons. The lowest BCUT2D eigenvalue weighted by Crippen LogP contribution is -2.35. The Morgan fingerprint density at radius 2 is 2.17 bits per heavy atom. The summed E-state index contributed by atoms with van der Waals surface area (Å²) < 4.78 is 5.62. The van der Waals surface area contributed by atoms with Crippen molar-refractivity contribution < 1.29 is 9.84 Å². The van der Waals surface area contributed by atoms with E-state index in [2.05, 4.69) is 28.5 Å². The summed E-state index contributed by atoms with van der Waals surface area (Å²) in [7, 11) is 0. The molecule has 0 aliphatic carbocycles. The summed E-state index contributed by atoms with van der Waals surface area (Å²) in [5.74, 6) is 0.680. The van der Waals surface area contributed by atoms with Crippen LogP contribution in [0.1, 0.15) is 29.3 Å². The van der Waals surface area contributed by atoms with Gasteiger partial charge in [0.1, 0.15) is 18.5 Å². The Kier molecular flexibility index (Phi) is 5.29. The predicted molar refractivity (Wildman–Crippen MR) is 90.5 cm³/mol. The first-order chi connectivity index (χ1) is 11.3. The molecule has 1 fully saturated rings. The number of hydrogen-bond donors (Lipinski definition) is 1. The average molecular weight is 328 g/mol. The monoisotopic (exact) mass is 328 g/mol. The molecule has 0 saturated carbocycles. The second-order valence-corrected chi connectivity index (χ2v) is 6.75. The Hall–Kier alpha value is -1.87. The molecule has 120 valence electrons. The number of thiophene rings is 1. The Labute approximate surface area is 140 Å². The quantitative estimate of drug-likeness (QED) is 0.885. The summed E-state index contributed by atoms with van der Waals surface area (Å²) in [5.41, 5.74) is 0.605. The van der Waals surface area contributed by atoms with Gasteiger partial charge in [-0.3, -0.25) is 4.90 Å². The number of likely N-dealkylation sites (tertiary alicyclic amines) is 1. The molecule has 5 heteroatoms. The van der Waals surface area contributed by atoms with E-state index in [0.29, 0.717) is 23.9 Å². The number of aliphatic hydroxyl groups is 1. The third kappa shape index (κ3) is 4.11. The Bertz CT molecular complexity index is 649. The van der Waals surface area contributed by atoms with E-state index >= 15 is 0 Å². The SMILES string of the molecule is N#Cc1ccc(OC[C@H](O)CN2CCC[C@@H]2c2cccs2)cc1. The molecule has 0 unspecified atom stereocenters. The van der Waals surface area contributed by atoms with Crippen molar-refractivity contribution in [2.75, 3.05) is 19.7 Å². The van der Waals surface area contributed by atoms with Crippen molar-refractivity contribution in [3.63, 3.8) is 0 Å². The molecule has 2 aromatic rings. The van der Waals surface area contributed by atoms with E-state index in [4.69, 9.17) is 10.00 Å². The summed E-state index contributed by atoms with van der Waals surface area (Å²) >= 11 is 1.78. The van der Waals surface area contributed by atoms with Gasteiger partial charge in [0.2, 0.25) is 0 Å². The molecule has 1 N–H and O–H groups in total. The van der Waals surface area contributed by atoms with Crippen LogP contribution in [0.2, 0.25) is 0 Å². The summed E-state index contributed by atoms with van der Waals surface area (Å²) in [6.45, 7) is 1.91. The van der Waals surface area contributed by atoms with Gasteiger partial charge in [0, 0.05) is 17.5 Å². The van der Waals surface area contributed by atoms with Crippen molar-refractivity contribution in [2.24, 2.45) is 0 Å². The first-order valence-corrected chi connectivity index (χ1v) is 8.72. The van der Waals surface area contributed by atoms with Crippen molar-refractivity contribution >= 4 is 11.3 Å². The maximum Gasteiger partial charge on any atom is 0.119 e. The molecule has 1 aromatic carbocycles. The Morgan fingerprint density at radius 1 is 1.35 bits per heavy atom. The second kappa shape index (κ2) is 7.60. The molecule has 1 saturated heterocycles. The summed E-state index contributed by atoms with van der Waals surface area (Å²) in [6.07, 6.45) is 1.81. The van der Waals surface area contributed by atoms with Gasteiger partial charge in [0.15, 0.2) is 0 Å². The maximum atomic E-state index is 10.3. The highest BCUT2D eigenvalue weighted by molar-refractivity contribution is 7.10. The molecule has 1 aliphatic rings. The first kappa shape index (κ1) is 16.0. The zero-order valence-corrected chi connectivity index (χ0v) is 13.7. The number of hydrogen-bond acceptors (Lipinski definition) is 5. The number of nitrogens with zero attached hydrogens (tertiary/aromatic N) is 2. The highest BCUT2D eigenvalue weighted by Crippen LogP contribution is 2.34. The van der Waals surface area contributed by atoms with Crippen molar-refractivity contribution in [1.82, 2.24) is 4.90 Å². The van der Waals surface area contributed by atoms with Crippen LogP contribution in [-0.2, 0) is 0 Å². The lowest BCUT2D eigenvalue weighted by atomic mass is 10.2. The van der Waals surface area contributed by atoms with Crippen LogP contribution in [0, 0.1) is 11.3 Å². The number of nitriles is 1. The van der Waals surface area contributed by atoms with Gasteiger partial charge in [-0.1, -0.05) is 6.07 Å². The van der Waals surface area contributed by atoms with E-state index in [1.165, 1.54) is 11.3 Å². The highest BCUT2D eigenvalue weighted by atomic mass is 32.1. The van der Waals surface area contributed by atoms with Crippen molar-refractivity contribution in [1.29, 1.82) is 5.26 Å². The standard InChI is InChI=1S/C18H20N2O2S/c19-11-14-5-7-16(8-6-14)22-13-15(21)12-20-9-1-3-17(20)18-4-2-10-23-18/h2,4-8,10,15,17,21H,1,3,9,12-13H2/t15-,17-/m1/s1. The van der Waals surface area contributed by atoms with Gasteiger partial charge in [-0.05, 0) is 55.1 Å². The summed E-state index contributed by atoms with van der Waals surface area (Å²) in [5, 5.41) is 21.2. The number of aliphatic hydroxyl groups excluding tert-OH is 1. The van der Waals surface area contributed by atoms with Gasteiger partial charge < -0.3 is 9.84 Å². The topological polar surface area (TPSA) is 56.5 Å². The smallest absolute Gasteiger partial charge is 0.119 e. The molecule has 1 aromatic heterocycles. The van der Waals surface area contributed by atoms with E-state index in [9.17, 15) is 5.11 Å². The summed E-state index contributed by atoms with van der Waals surface area (Å²) in [6, 6.07) is 13.7. The Morgan fingerprint density at radius 3 is 2.87 bits per heavy atom. The molecule has 0 spiro atoms. The van der Waals surface area contributed by atoms with Gasteiger partial charge in [0.25, 0.3) is 0 Å². The van der Waals surface area contributed by atoms with Crippen LogP contribution in [0.3, 0.4) is 0 Å². The molecule has 0 bridgehead atoms. The van der Waals surface area contributed by atoms with Crippen LogP contribution in [0.4, 0.5) is 0 Å². The van der Waals surface area contributed by atoms with Crippen molar-refractivity contribution in [3.05, 3.63) is 52.2 Å². The van der Waals surface area contributed by atoms with E-state index in [1.807, 2.05) is 0 Å². The molecule has 4 nitrogen and oxygen atoms in total. The number of rotatable bonds is 6. The third-order valence-corrected chi connectivity index (χ3v) is 5.08. The first-order valence-electron chi connectivity index (χ1n) is 7.85. The van der Waals surface area contributed by atoms with Crippen LogP contribution in [-0.4, -0.2) is 35.8 Å². The molecular weight excluding hydrogens is 308 g/mol. The van der Waals surface area contributed by atoms with Crippen LogP contribution in [0.5, 0.6) is 5.75 Å². The predicted octanol–water partition coefficient (Wildman–Crippen LogP) is 3.20. The molecule has 2 atom stereocenters. The summed E-state index contributed by atoms with van der Waals surface area (Å²) in [4.78, 5) is 3.72. The minimum Gasteiger partial charge on any atom is -0.491 e. The zero-order chi connectivity index (χ0) is 16.1. The average Bonchev–Trinajstić information content (AvgIpc) is 3.24. The van der Waals surface area contributed by atoms with Gasteiger partial charge in [0.05, 0.1) is 11.6 Å². The van der Waals surface area contributed by atoms with E-state index in [0.717, 1.165) is 13.0 Å². The normalized spacial score (nSPS) is 19.4. The number of ether oxygens (including phenoxy) is 1. The zero-order valence-electron chi connectivity index (χ0n) is 12.9. The fourth-order valence-electron chi connectivity index (χ4n) is 2.99. The minimum atomic E-state index is -0.522. The lowest BCUT2D eigenvalue weighted by Gasteiger charge is -2.26. The fraction of sp³-hybridized carbons (Fsp3) is 0.389. The van der Waals surface area contributed by atoms with Gasteiger partial charge in [-0.15, -0.1) is 11.3 Å². The number of benzene rings is 1. The molecule has 3 rings (SSSR count). The molecule has 2 heterocycles. The van der Waals surface area contributed by atoms with Crippen LogP contribution in [0.25, 0.3) is 0 Å². The molecule has 1 aliphatic heterocycles. The van der Waals surface area contributed by atoms with Gasteiger partial charge in [-0.25, -0.2) is 0 Å².